The monoisotopic (exact) mass is 391 g/mol. The van der Waals surface area contributed by atoms with E-state index in [1.165, 1.54) is 17.7 Å². The third kappa shape index (κ3) is 1.35. The molecule has 1 aromatic rings. The highest BCUT2D eigenvalue weighted by Gasteiger charge is 2.73. The van der Waals surface area contributed by atoms with E-state index in [0.29, 0.717) is 11.8 Å². The van der Waals surface area contributed by atoms with Gasteiger partial charge in [-0.1, -0.05) is 12.2 Å². The number of halogens is 1. The highest BCUT2D eigenvalue weighted by molar-refractivity contribution is 14.1. The molecule has 1 aliphatic heterocycles. The highest BCUT2D eigenvalue weighted by atomic mass is 127. The van der Waals surface area contributed by atoms with Crippen molar-refractivity contribution >= 4 is 40.1 Å². The number of fused-ring (bicyclic) bond motifs is 3. The number of amides is 2. The Balaban J connectivity index is 1.57. The first-order valence-corrected chi connectivity index (χ1v) is 8.53. The average Bonchev–Trinajstić information content (AvgIpc) is 3.07. The van der Waals surface area contributed by atoms with Gasteiger partial charge in [0.25, 0.3) is 0 Å². The minimum Gasteiger partial charge on any atom is -0.274 e. The Morgan fingerprint density at radius 2 is 1.48 bits per heavy atom. The summed E-state index contributed by atoms with van der Waals surface area (Å²) in [6.45, 7) is 0. The molecule has 4 atom stereocenters. The number of hydrogen-bond acceptors (Lipinski definition) is 2. The van der Waals surface area contributed by atoms with Crippen molar-refractivity contribution in [3.8, 4) is 0 Å². The lowest BCUT2D eigenvalue weighted by Gasteiger charge is -2.21. The summed E-state index contributed by atoms with van der Waals surface area (Å²) < 4.78 is 1.11. The maximum absolute atomic E-state index is 12.9. The first-order chi connectivity index (χ1) is 10.1. The number of carbonyl (C=O) groups is 2. The van der Waals surface area contributed by atoms with Crippen molar-refractivity contribution in [2.24, 2.45) is 29.1 Å². The van der Waals surface area contributed by atoms with Crippen LogP contribution in [0.5, 0.6) is 0 Å². The summed E-state index contributed by atoms with van der Waals surface area (Å²) in [6, 6.07) is 7.64. The zero-order chi connectivity index (χ0) is 14.4. The van der Waals surface area contributed by atoms with Gasteiger partial charge in [0.2, 0.25) is 11.8 Å². The summed E-state index contributed by atoms with van der Waals surface area (Å²) in [5, 5.41) is 0. The van der Waals surface area contributed by atoms with Gasteiger partial charge in [-0.05, 0) is 76.9 Å². The van der Waals surface area contributed by atoms with E-state index >= 15 is 0 Å². The van der Waals surface area contributed by atoms with Gasteiger partial charge >= 0.3 is 0 Å². The van der Waals surface area contributed by atoms with Crippen LogP contribution in [0.3, 0.4) is 0 Å². The molecule has 1 spiro atoms. The fourth-order valence-corrected chi connectivity index (χ4v) is 5.28. The summed E-state index contributed by atoms with van der Waals surface area (Å²) in [4.78, 5) is 27.2. The van der Waals surface area contributed by atoms with Gasteiger partial charge in [0.1, 0.15) is 0 Å². The van der Waals surface area contributed by atoms with E-state index in [9.17, 15) is 9.59 Å². The van der Waals surface area contributed by atoms with Crippen LogP contribution < -0.4 is 4.90 Å². The maximum atomic E-state index is 12.9. The molecular weight excluding hydrogens is 377 g/mol. The van der Waals surface area contributed by atoms with Crippen molar-refractivity contribution in [3.63, 3.8) is 0 Å². The van der Waals surface area contributed by atoms with Crippen LogP contribution in [0.4, 0.5) is 5.69 Å². The van der Waals surface area contributed by atoms with Crippen molar-refractivity contribution in [2.75, 3.05) is 4.90 Å². The van der Waals surface area contributed by atoms with Crippen LogP contribution in [0.25, 0.3) is 0 Å². The second kappa shape index (κ2) is 3.77. The molecule has 1 saturated heterocycles. The topological polar surface area (TPSA) is 37.4 Å². The molecule has 2 amide bonds. The van der Waals surface area contributed by atoms with E-state index in [4.69, 9.17) is 0 Å². The number of hydrogen-bond donors (Lipinski definition) is 0. The van der Waals surface area contributed by atoms with E-state index in [1.807, 2.05) is 24.3 Å². The van der Waals surface area contributed by atoms with Gasteiger partial charge in [-0.2, -0.15) is 0 Å². The zero-order valence-corrected chi connectivity index (χ0v) is 13.5. The van der Waals surface area contributed by atoms with Crippen molar-refractivity contribution in [2.45, 2.75) is 12.8 Å². The lowest BCUT2D eigenvalue weighted by Crippen LogP contribution is -2.34. The Hall–Kier alpha value is -1.17. The van der Waals surface area contributed by atoms with Crippen LogP contribution in [-0.2, 0) is 9.59 Å². The van der Waals surface area contributed by atoms with Crippen molar-refractivity contribution in [3.05, 3.63) is 40.0 Å². The predicted molar refractivity (Wildman–Crippen MR) is 86.4 cm³/mol. The van der Waals surface area contributed by atoms with Gasteiger partial charge in [-0.15, -0.1) is 0 Å². The number of rotatable bonds is 1. The normalized spacial score (nSPS) is 37.7. The predicted octanol–water partition coefficient (Wildman–Crippen LogP) is 2.99. The quantitative estimate of drug-likeness (QED) is 0.420. The molecule has 21 heavy (non-hydrogen) atoms. The fraction of sp³-hybridized carbons (Fsp3) is 0.412. The third-order valence-corrected chi connectivity index (χ3v) is 6.66. The minimum atomic E-state index is -0.103. The fourth-order valence-electron chi connectivity index (χ4n) is 4.92. The SMILES string of the molecule is O=C1[C@@H]2[C@H](C(=O)N1c1ccc(I)cc1)[C@H]1C=C[C@@H]2C12CC2. The van der Waals surface area contributed by atoms with Crippen molar-refractivity contribution in [1.29, 1.82) is 0 Å². The van der Waals surface area contributed by atoms with Crippen LogP contribution in [0.15, 0.2) is 36.4 Å². The average molecular weight is 391 g/mol. The molecule has 1 aromatic carbocycles. The molecule has 0 radical (unpaired) electrons. The number of anilines is 1. The minimum absolute atomic E-state index is 0.0225. The Kier molecular flexibility index (Phi) is 2.22. The molecule has 3 aliphatic carbocycles. The van der Waals surface area contributed by atoms with Crippen LogP contribution in [0.1, 0.15) is 12.8 Å². The molecule has 4 aliphatic rings. The second-order valence-electron chi connectivity index (χ2n) is 6.71. The number of carbonyl (C=O) groups excluding carboxylic acids is 2. The Morgan fingerprint density at radius 1 is 0.952 bits per heavy atom. The molecule has 0 unspecified atom stereocenters. The molecule has 1 heterocycles. The Bertz CT molecular complexity index is 670. The van der Waals surface area contributed by atoms with E-state index < -0.39 is 0 Å². The van der Waals surface area contributed by atoms with E-state index in [-0.39, 0.29) is 29.1 Å². The summed E-state index contributed by atoms with van der Waals surface area (Å²) in [5.74, 6) is 0.447. The van der Waals surface area contributed by atoms with Gasteiger partial charge in [-0.3, -0.25) is 14.5 Å². The molecule has 4 heteroatoms. The van der Waals surface area contributed by atoms with Crippen molar-refractivity contribution < 1.29 is 9.59 Å². The summed E-state index contributed by atoms with van der Waals surface area (Å²) >= 11 is 2.23. The summed E-state index contributed by atoms with van der Waals surface area (Å²) in [6.07, 6.45) is 6.79. The lowest BCUT2D eigenvalue weighted by atomic mass is 9.85. The number of imide groups is 1. The molecule has 5 rings (SSSR count). The molecule has 0 aromatic heterocycles. The second-order valence-corrected chi connectivity index (χ2v) is 7.96. The molecule has 106 valence electrons. The molecule has 0 N–H and O–H groups in total. The third-order valence-electron chi connectivity index (χ3n) is 5.94. The van der Waals surface area contributed by atoms with Gasteiger partial charge < -0.3 is 0 Å². The smallest absolute Gasteiger partial charge is 0.238 e. The molecule has 2 saturated carbocycles. The largest absolute Gasteiger partial charge is 0.274 e. The van der Waals surface area contributed by atoms with E-state index in [0.717, 1.165) is 9.26 Å². The van der Waals surface area contributed by atoms with Gasteiger partial charge in [-0.25, -0.2) is 0 Å². The molecular formula is C17H14INO2. The summed E-state index contributed by atoms with van der Waals surface area (Å²) in [5.41, 5.74) is 1.00. The Morgan fingerprint density at radius 3 is 1.95 bits per heavy atom. The van der Waals surface area contributed by atoms with E-state index in [2.05, 4.69) is 34.7 Å². The van der Waals surface area contributed by atoms with E-state index in [1.54, 1.807) is 0 Å². The molecule has 3 nitrogen and oxygen atoms in total. The number of nitrogens with zero attached hydrogens (tertiary/aromatic N) is 1. The molecule has 3 fully saturated rings. The highest BCUT2D eigenvalue weighted by Crippen LogP contribution is 2.73. The van der Waals surface area contributed by atoms with Gasteiger partial charge in [0.15, 0.2) is 0 Å². The lowest BCUT2D eigenvalue weighted by molar-refractivity contribution is -0.123. The number of allylic oxidation sites excluding steroid dienone is 2. The van der Waals surface area contributed by atoms with Gasteiger partial charge in [0, 0.05) is 3.57 Å². The number of benzene rings is 1. The standard InChI is InChI=1S/C17H14INO2/c18-9-1-3-10(4-2-9)19-15(20)13-11-5-6-12(14(13)16(19)21)17(11)7-8-17/h1-6,11-14H,7-8H2/t11-,12+,13-,14+. The van der Waals surface area contributed by atoms with Crippen molar-refractivity contribution in [1.82, 2.24) is 0 Å². The Labute approximate surface area is 136 Å². The van der Waals surface area contributed by atoms with Crippen LogP contribution in [0.2, 0.25) is 0 Å². The maximum Gasteiger partial charge on any atom is 0.238 e. The molecule has 2 bridgehead atoms. The summed E-state index contributed by atoms with van der Waals surface area (Å²) in [7, 11) is 0. The van der Waals surface area contributed by atoms with Crippen LogP contribution in [0, 0.1) is 32.7 Å². The van der Waals surface area contributed by atoms with Crippen LogP contribution >= 0.6 is 22.6 Å². The zero-order valence-electron chi connectivity index (χ0n) is 11.3. The van der Waals surface area contributed by atoms with Crippen LogP contribution in [-0.4, -0.2) is 11.8 Å². The first kappa shape index (κ1) is 12.4. The van der Waals surface area contributed by atoms with Gasteiger partial charge in [0.05, 0.1) is 17.5 Å². The first-order valence-electron chi connectivity index (χ1n) is 7.45.